The van der Waals surface area contributed by atoms with Gasteiger partial charge in [-0.15, -0.1) is 0 Å². The van der Waals surface area contributed by atoms with Gasteiger partial charge in [-0.1, -0.05) is 0 Å². The highest BCUT2D eigenvalue weighted by Gasteiger charge is 1.85. The summed E-state index contributed by atoms with van der Waals surface area (Å²) in [6, 6.07) is 0. The van der Waals surface area contributed by atoms with Crippen molar-refractivity contribution in [2.75, 3.05) is 19.6 Å². The number of hydrogen-bond acceptors (Lipinski definition) is 4. The zero-order chi connectivity index (χ0) is 8.36. The van der Waals surface area contributed by atoms with E-state index >= 15 is 0 Å². The van der Waals surface area contributed by atoms with Gasteiger partial charge in [0.05, 0.1) is 0 Å². The van der Waals surface area contributed by atoms with Crippen LogP contribution in [0.15, 0.2) is 0 Å². The van der Waals surface area contributed by atoms with Gasteiger partial charge in [0.15, 0.2) is 0 Å². The van der Waals surface area contributed by atoms with Crippen LogP contribution in [0.4, 0.5) is 0 Å². The van der Waals surface area contributed by atoms with Crippen molar-refractivity contribution in [3.63, 3.8) is 0 Å². The van der Waals surface area contributed by atoms with E-state index in [2.05, 4.69) is 10.9 Å². The van der Waals surface area contributed by atoms with E-state index in [0.717, 1.165) is 32.4 Å². The average molecular weight is 158 g/mol. The van der Waals surface area contributed by atoms with Gasteiger partial charge >= 0.3 is 0 Å². The number of rotatable bonds is 8. The Hall–Kier alpha value is -0.450. The van der Waals surface area contributed by atoms with Crippen LogP contribution < -0.4 is 16.6 Å². The third-order valence-corrected chi connectivity index (χ3v) is 1.29. The van der Waals surface area contributed by atoms with Crippen LogP contribution in [0.3, 0.4) is 0 Å². The van der Waals surface area contributed by atoms with E-state index in [1.54, 1.807) is 0 Å². The molecular formula is C7H18N4. The van der Waals surface area contributed by atoms with Crippen LogP contribution in [-0.2, 0) is 0 Å². The second-order valence-corrected chi connectivity index (χ2v) is 2.34. The Morgan fingerprint density at radius 1 is 1.18 bits per heavy atom. The van der Waals surface area contributed by atoms with Crippen molar-refractivity contribution in [1.29, 1.82) is 5.41 Å². The van der Waals surface area contributed by atoms with E-state index in [0.29, 0.717) is 6.54 Å². The van der Waals surface area contributed by atoms with Gasteiger partial charge in [-0.2, -0.15) is 0 Å². The molecule has 0 aliphatic carbocycles. The lowest BCUT2D eigenvalue weighted by Crippen LogP contribution is -2.36. The molecule has 0 amide bonds. The molecular weight excluding hydrogens is 140 g/mol. The van der Waals surface area contributed by atoms with E-state index in [4.69, 9.17) is 11.1 Å². The molecule has 0 aliphatic heterocycles. The number of nitrogens with one attached hydrogen (secondary N) is 3. The maximum absolute atomic E-state index is 6.77. The smallest absolute Gasteiger partial charge is 0.0223 e. The third kappa shape index (κ3) is 9.55. The standard InChI is InChI=1S/C7H18N4/c8-4-2-1-3-6-10-11-7-5-9/h4,8,10-11H,1-3,5-7,9H2. The lowest BCUT2D eigenvalue weighted by Gasteiger charge is -2.03. The second kappa shape index (κ2) is 9.55. The molecule has 4 nitrogen and oxygen atoms in total. The van der Waals surface area contributed by atoms with Gasteiger partial charge in [0, 0.05) is 19.6 Å². The van der Waals surface area contributed by atoms with Crippen molar-refractivity contribution in [1.82, 2.24) is 10.9 Å². The van der Waals surface area contributed by atoms with Crippen LogP contribution in [0.2, 0.25) is 0 Å². The molecule has 4 heteroatoms. The van der Waals surface area contributed by atoms with Gasteiger partial charge in [0.2, 0.25) is 0 Å². The minimum absolute atomic E-state index is 0.660. The van der Waals surface area contributed by atoms with Crippen LogP contribution >= 0.6 is 0 Å². The molecule has 0 heterocycles. The molecule has 0 saturated heterocycles. The first-order valence-corrected chi connectivity index (χ1v) is 4.06. The van der Waals surface area contributed by atoms with Crippen LogP contribution in [0.1, 0.15) is 19.3 Å². The summed E-state index contributed by atoms with van der Waals surface area (Å²) in [6.45, 7) is 2.42. The van der Waals surface area contributed by atoms with Crippen LogP contribution in [0.5, 0.6) is 0 Å². The molecule has 0 radical (unpaired) electrons. The molecule has 5 N–H and O–H groups in total. The minimum Gasteiger partial charge on any atom is -0.329 e. The summed E-state index contributed by atoms with van der Waals surface area (Å²) in [6.07, 6.45) is 4.53. The molecule has 0 atom stereocenters. The van der Waals surface area contributed by atoms with Crippen molar-refractivity contribution in [2.45, 2.75) is 19.3 Å². The van der Waals surface area contributed by atoms with E-state index in [1.807, 2.05) is 0 Å². The molecule has 0 aromatic heterocycles. The summed E-state index contributed by atoms with van der Waals surface area (Å²) in [4.78, 5) is 0. The SMILES string of the molecule is N=CCCCCNNCCN. The summed E-state index contributed by atoms with van der Waals surface area (Å²) in [5.41, 5.74) is 11.3. The Morgan fingerprint density at radius 2 is 1.91 bits per heavy atom. The molecule has 0 aromatic rings. The third-order valence-electron chi connectivity index (χ3n) is 1.29. The summed E-state index contributed by atoms with van der Waals surface area (Å²) in [7, 11) is 0. The van der Waals surface area contributed by atoms with E-state index < -0.39 is 0 Å². The Morgan fingerprint density at radius 3 is 2.55 bits per heavy atom. The van der Waals surface area contributed by atoms with Gasteiger partial charge in [0.25, 0.3) is 0 Å². The van der Waals surface area contributed by atoms with Crippen LogP contribution in [-0.4, -0.2) is 25.8 Å². The van der Waals surface area contributed by atoms with E-state index in [-0.39, 0.29) is 0 Å². The zero-order valence-electron chi connectivity index (χ0n) is 6.90. The molecule has 0 rings (SSSR count). The Kier molecular flexibility index (Phi) is 9.16. The molecule has 0 spiro atoms. The molecule has 0 bridgehead atoms. The van der Waals surface area contributed by atoms with Crippen LogP contribution in [0.25, 0.3) is 0 Å². The summed E-state index contributed by atoms with van der Waals surface area (Å²) >= 11 is 0. The van der Waals surface area contributed by atoms with Gasteiger partial charge < -0.3 is 11.1 Å². The summed E-state index contributed by atoms with van der Waals surface area (Å²) in [5, 5.41) is 6.77. The van der Waals surface area contributed by atoms with Gasteiger partial charge in [-0.3, -0.25) is 10.9 Å². The van der Waals surface area contributed by atoms with E-state index in [1.165, 1.54) is 6.21 Å². The predicted molar refractivity (Wildman–Crippen MR) is 47.7 cm³/mol. The maximum atomic E-state index is 6.77. The van der Waals surface area contributed by atoms with Gasteiger partial charge in [0.1, 0.15) is 0 Å². The number of nitrogens with two attached hydrogens (primary N) is 1. The number of hydrogen-bond donors (Lipinski definition) is 4. The fourth-order valence-corrected chi connectivity index (χ4v) is 0.709. The Labute approximate surface area is 68.0 Å². The summed E-state index contributed by atoms with van der Waals surface area (Å²) < 4.78 is 0. The molecule has 0 aromatic carbocycles. The molecule has 66 valence electrons. The Bertz CT molecular complexity index is 84.5. The quantitative estimate of drug-likeness (QED) is 0.226. The number of hydrazine groups is 1. The Balaban J connectivity index is 2.74. The first-order valence-electron chi connectivity index (χ1n) is 4.06. The molecule has 0 unspecified atom stereocenters. The highest BCUT2D eigenvalue weighted by molar-refractivity contribution is 5.52. The molecule has 0 fully saturated rings. The van der Waals surface area contributed by atoms with Gasteiger partial charge in [-0.25, -0.2) is 0 Å². The maximum Gasteiger partial charge on any atom is 0.0223 e. The molecule has 11 heavy (non-hydrogen) atoms. The van der Waals surface area contributed by atoms with Crippen molar-refractivity contribution < 1.29 is 0 Å². The predicted octanol–water partition coefficient (Wildman–Crippen LogP) is -0.141. The normalized spacial score (nSPS) is 9.91. The minimum atomic E-state index is 0.660. The monoisotopic (exact) mass is 158 g/mol. The first-order chi connectivity index (χ1) is 5.41. The lowest BCUT2D eigenvalue weighted by molar-refractivity contribution is 0.521. The average Bonchev–Trinajstić information content (AvgIpc) is 2.03. The molecule has 0 saturated carbocycles. The summed E-state index contributed by atoms with van der Waals surface area (Å²) in [5.74, 6) is 0. The zero-order valence-corrected chi connectivity index (χ0v) is 6.90. The molecule has 0 aliphatic rings. The lowest BCUT2D eigenvalue weighted by atomic mass is 10.2. The van der Waals surface area contributed by atoms with Crippen molar-refractivity contribution >= 4 is 6.21 Å². The largest absolute Gasteiger partial charge is 0.329 e. The second-order valence-electron chi connectivity index (χ2n) is 2.34. The van der Waals surface area contributed by atoms with Gasteiger partial charge in [-0.05, 0) is 25.5 Å². The fraction of sp³-hybridized carbons (Fsp3) is 0.857. The first kappa shape index (κ1) is 10.6. The van der Waals surface area contributed by atoms with Crippen molar-refractivity contribution in [3.8, 4) is 0 Å². The highest BCUT2D eigenvalue weighted by atomic mass is 15.3. The van der Waals surface area contributed by atoms with Crippen molar-refractivity contribution in [3.05, 3.63) is 0 Å². The van der Waals surface area contributed by atoms with Crippen LogP contribution in [0, 0.1) is 5.41 Å². The van der Waals surface area contributed by atoms with Crippen molar-refractivity contribution in [2.24, 2.45) is 5.73 Å². The number of unbranched alkanes of at least 4 members (excludes halogenated alkanes) is 2. The fourth-order valence-electron chi connectivity index (χ4n) is 0.709. The van der Waals surface area contributed by atoms with E-state index in [9.17, 15) is 0 Å². The topological polar surface area (TPSA) is 73.9 Å². The highest BCUT2D eigenvalue weighted by Crippen LogP contribution is 1.88.